The molecule has 1 aromatic heterocycles. The number of pyridine rings is 1. The van der Waals surface area contributed by atoms with Crippen LogP contribution in [0.25, 0.3) is 0 Å². The number of benzene rings is 1. The van der Waals surface area contributed by atoms with Gasteiger partial charge in [0.15, 0.2) is 0 Å². The van der Waals surface area contributed by atoms with Crippen LogP contribution in [0.1, 0.15) is 18.7 Å². The van der Waals surface area contributed by atoms with Crippen molar-refractivity contribution < 1.29 is 9.13 Å². The molecule has 1 aromatic carbocycles. The average molecular weight is 311 g/mol. The molecular formula is C13H12BrFN2O. The van der Waals surface area contributed by atoms with Crippen LogP contribution in [0, 0.1) is 5.82 Å². The molecule has 0 amide bonds. The summed E-state index contributed by atoms with van der Waals surface area (Å²) in [7, 11) is 0. The second kappa shape index (κ2) is 5.46. The Morgan fingerprint density at radius 1 is 1.28 bits per heavy atom. The fraction of sp³-hybridized carbons (Fsp3) is 0.154. The lowest BCUT2D eigenvalue weighted by Crippen LogP contribution is -2.06. The standard InChI is InChI=1S/C13H12BrFN2O/c1-8(16)13-5-3-10(7-17-13)18-9-2-4-12(15)11(14)6-9/h2-8H,16H2,1H3. The normalized spacial score (nSPS) is 12.2. The van der Waals surface area contributed by atoms with Gasteiger partial charge in [0.1, 0.15) is 17.3 Å². The minimum atomic E-state index is -0.326. The molecule has 0 fully saturated rings. The quantitative estimate of drug-likeness (QED) is 0.938. The summed E-state index contributed by atoms with van der Waals surface area (Å²) < 4.78 is 19.0. The smallest absolute Gasteiger partial charge is 0.145 e. The Hall–Kier alpha value is -1.46. The van der Waals surface area contributed by atoms with Gasteiger partial charge >= 0.3 is 0 Å². The zero-order valence-electron chi connectivity index (χ0n) is 9.73. The second-order valence-corrected chi connectivity index (χ2v) is 4.74. The van der Waals surface area contributed by atoms with Crippen molar-refractivity contribution in [2.24, 2.45) is 5.73 Å². The van der Waals surface area contributed by atoms with Crippen LogP contribution in [0.2, 0.25) is 0 Å². The summed E-state index contributed by atoms with van der Waals surface area (Å²) in [6.07, 6.45) is 1.59. The van der Waals surface area contributed by atoms with E-state index in [-0.39, 0.29) is 11.9 Å². The third-order valence-corrected chi connectivity index (χ3v) is 2.96. The highest BCUT2D eigenvalue weighted by Crippen LogP contribution is 2.26. The van der Waals surface area contributed by atoms with Crippen molar-refractivity contribution in [3.05, 3.63) is 52.5 Å². The molecule has 2 aromatic rings. The Kier molecular flexibility index (Phi) is 3.93. The number of hydrogen-bond donors (Lipinski definition) is 1. The first-order chi connectivity index (χ1) is 8.56. The number of hydrogen-bond acceptors (Lipinski definition) is 3. The van der Waals surface area contributed by atoms with Crippen molar-refractivity contribution >= 4 is 15.9 Å². The van der Waals surface area contributed by atoms with Crippen molar-refractivity contribution in [3.63, 3.8) is 0 Å². The maximum absolute atomic E-state index is 13.1. The van der Waals surface area contributed by atoms with Gasteiger partial charge in [-0.1, -0.05) is 0 Å². The number of nitrogens with two attached hydrogens (primary N) is 1. The Balaban J connectivity index is 2.15. The van der Waals surface area contributed by atoms with E-state index in [0.29, 0.717) is 16.0 Å². The summed E-state index contributed by atoms with van der Waals surface area (Å²) in [4.78, 5) is 4.18. The minimum Gasteiger partial charge on any atom is -0.456 e. The molecule has 3 nitrogen and oxygen atoms in total. The van der Waals surface area contributed by atoms with Crippen LogP contribution in [0.4, 0.5) is 4.39 Å². The molecule has 0 saturated heterocycles. The summed E-state index contributed by atoms with van der Waals surface area (Å²) in [5.41, 5.74) is 6.50. The van der Waals surface area contributed by atoms with Crippen molar-refractivity contribution in [1.29, 1.82) is 0 Å². The molecule has 0 aliphatic heterocycles. The minimum absolute atomic E-state index is 0.112. The van der Waals surface area contributed by atoms with Crippen LogP contribution in [0.5, 0.6) is 11.5 Å². The van der Waals surface area contributed by atoms with Gasteiger partial charge in [0.05, 0.1) is 16.4 Å². The predicted molar refractivity (Wildman–Crippen MR) is 71.0 cm³/mol. The molecule has 94 valence electrons. The van der Waals surface area contributed by atoms with Gasteiger partial charge in [0, 0.05) is 6.04 Å². The number of rotatable bonds is 3. The van der Waals surface area contributed by atoms with Gasteiger partial charge in [-0.25, -0.2) is 4.39 Å². The van der Waals surface area contributed by atoms with Crippen molar-refractivity contribution in [2.75, 3.05) is 0 Å². The van der Waals surface area contributed by atoms with Crippen molar-refractivity contribution in [1.82, 2.24) is 4.98 Å². The zero-order valence-corrected chi connectivity index (χ0v) is 11.3. The summed E-state index contributed by atoms with van der Waals surface area (Å²) in [6.45, 7) is 1.86. The molecule has 1 heterocycles. The van der Waals surface area contributed by atoms with Crippen molar-refractivity contribution in [3.8, 4) is 11.5 Å². The van der Waals surface area contributed by atoms with Gasteiger partial charge in [0.2, 0.25) is 0 Å². The molecule has 5 heteroatoms. The van der Waals surface area contributed by atoms with E-state index >= 15 is 0 Å². The van der Waals surface area contributed by atoms with Gasteiger partial charge in [-0.05, 0) is 53.2 Å². The summed E-state index contributed by atoms with van der Waals surface area (Å²) in [5.74, 6) is 0.796. The van der Waals surface area contributed by atoms with Crippen LogP contribution < -0.4 is 10.5 Å². The van der Waals surface area contributed by atoms with E-state index in [4.69, 9.17) is 10.5 Å². The van der Waals surface area contributed by atoms with E-state index in [2.05, 4.69) is 20.9 Å². The fourth-order valence-corrected chi connectivity index (χ4v) is 1.76. The maximum Gasteiger partial charge on any atom is 0.145 e. The van der Waals surface area contributed by atoms with Crippen LogP contribution in [-0.2, 0) is 0 Å². The van der Waals surface area contributed by atoms with Crippen molar-refractivity contribution in [2.45, 2.75) is 13.0 Å². The molecule has 1 unspecified atom stereocenters. The van der Waals surface area contributed by atoms with E-state index in [1.54, 1.807) is 30.5 Å². The topological polar surface area (TPSA) is 48.1 Å². The average Bonchev–Trinajstić information content (AvgIpc) is 2.34. The first-order valence-corrected chi connectivity index (χ1v) is 6.20. The number of nitrogens with zero attached hydrogens (tertiary/aromatic N) is 1. The summed E-state index contributed by atoms with van der Waals surface area (Å²) >= 11 is 3.10. The molecule has 0 radical (unpaired) electrons. The number of ether oxygens (including phenoxy) is 1. The Labute approximate surface area is 113 Å². The van der Waals surface area contributed by atoms with E-state index < -0.39 is 0 Å². The molecule has 0 spiro atoms. The first kappa shape index (κ1) is 13.0. The van der Waals surface area contributed by atoms with E-state index in [9.17, 15) is 4.39 Å². The van der Waals surface area contributed by atoms with Gasteiger partial charge in [-0.2, -0.15) is 0 Å². The highest BCUT2D eigenvalue weighted by atomic mass is 79.9. The number of halogens is 2. The largest absolute Gasteiger partial charge is 0.456 e. The zero-order chi connectivity index (χ0) is 13.1. The SMILES string of the molecule is CC(N)c1ccc(Oc2ccc(F)c(Br)c2)cn1. The second-order valence-electron chi connectivity index (χ2n) is 3.89. The lowest BCUT2D eigenvalue weighted by Gasteiger charge is -2.08. The van der Waals surface area contributed by atoms with E-state index in [1.807, 2.05) is 6.92 Å². The molecule has 0 aliphatic carbocycles. The molecule has 0 aliphatic rings. The van der Waals surface area contributed by atoms with E-state index in [0.717, 1.165) is 5.69 Å². The molecule has 18 heavy (non-hydrogen) atoms. The first-order valence-electron chi connectivity index (χ1n) is 5.40. The Morgan fingerprint density at radius 3 is 2.56 bits per heavy atom. The predicted octanol–water partition coefficient (Wildman–Crippen LogP) is 3.80. The third kappa shape index (κ3) is 3.05. The van der Waals surface area contributed by atoms with Crippen LogP contribution in [0.15, 0.2) is 41.0 Å². The van der Waals surface area contributed by atoms with Gasteiger partial charge in [-0.15, -0.1) is 0 Å². The number of aromatic nitrogens is 1. The lowest BCUT2D eigenvalue weighted by molar-refractivity contribution is 0.476. The summed E-state index contributed by atoms with van der Waals surface area (Å²) in [5, 5.41) is 0. The maximum atomic E-state index is 13.1. The molecule has 0 saturated carbocycles. The molecule has 1 atom stereocenters. The monoisotopic (exact) mass is 310 g/mol. The summed E-state index contributed by atoms with van der Waals surface area (Å²) in [6, 6.07) is 7.93. The van der Waals surface area contributed by atoms with Crippen LogP contribution >= 0.6 is 15.9 Å². The van der Waals surface area contributed by atoms with E-state index in [1.165, 1.54) is 6.07 Å². The Bertz CT molecular complexity index is 543. The highest BCUT2D eigenvalue weighted by molar-refractivity contribution is 9.10. The molecule has 2 rings (SSSR count). The third-order valence-electron chi connectivity index (χ3n) is 2.35. The fourth-order valence-electron chi connectivity index (χ4n) is 1.40. The lowest BCUT2D eigenvalue weighted by atomic mass is 10.2. The molecule has 2 N–H and O–H groups in total. The van der Waals surface area contributed by atoms with Gasteiger partial charge in [0.25, 0.3) is 0 Å². The van der Waals surface area contributed by atoms with Crippen LogP contribution in [-0.4, -0.2) is 4.98 Å². The van der Waals surface area contributed by atoms with Gasteiger partial charge in [-0.3, -0.25) is 4.98 Å². The molecule has 0 bridgehead atoms. The van der Waals surface area contributed by atoms with Gasteiger partial charge < -0.3 is 10.5 Å². The highest BCUT2D eigenvalue weighted by Gasteiger charge is 2.04. The van der Waals surface area contributed by atoms with Crippen LogP contribution in [0.3, 0.4) is 0 Å². The Morgan fingerprint density at radius 2 is 2.00 bits per heavy atom. The molecular weight excluding hydrogens is 299 g/mol.